The Morgan fingerprint density at radius 2 is 1.97 bits per heavy atom. The summed E-state index contributed by atoms with van der Waals surface area (Å²) >= 11 is 0. The van der Waals surface area contributed by atoms with E-state index >= 15 is 0 Å². The van der Waals surface area contributed by atoms with E-state index in [0.29, 0.717) is 23.2 Å². The Labute approximate surface area is 183 Å². The van der Waals surface area contributed by atoms with Gasteiger partial charge in [-0.3, -0.25) is 4.79 Å². The summed E-state index contributed by atoms with van der Waals surface area (Å²) in [5, 5.41) is 14.5. The van der Waals surface area contributed by atoms with Gasteiger partial charge in [-0.15, -0.1) is 5.10 Å². The molecule has 168 valence electrons. The highest BCUT2D eigenvalue weighted by molar-refractivity contribution is 5.93. The van der Waals surface area contributed by atoms with Crippen LogP contribution in [-0.2, 0) is 4.79 Å². The monoisotopic (exact) mass is 427 g/mol. The second-order valence-electron chi connectivity index (χ2n) is 8.48. The molecule has 0 spiro atoms. The van der Waals surface area contributed by atoms with Crippen LogP contribution in [0.15, 0.2) is 22.6 Å². The molecular formula is C23H33N5O3. The highest BCUT2D eigenvalue weighted by atomic mass is 16.5. The standard InChI is InChI=1S/C23H33N5O3/c1-30-20-16-18(25-21(29)17-8-3-2-4-9-17)10-11-19(20)22-26-27-23(31-22)24-12-7-15-28-13-5-6-14-28/h10-11,16-17H,2-9,12-15H2,1H3,(H,24,27)(H,25,29). The topological polar surface area (TPSA) is 92.5 Å². The molecule has 1 aliphatic heterocycles. The maximum Gasteiger partial charge on any atom is 0.315 e. The number of aromatic nitrogens is 2. The van der Waals surface area contributed by atoms with Gasteiger partial charge < -0.3 is 24.7 Å². The molecule has 4 rings (SSSR count). The SMILES string of the molecule is COc1cc(NC(=O)C2CCCCC2)ccc1-c1nnc(NCCCN2CCCC2)o1. The van der Waals surface area contributed by atoms with Crippen molar-refractivity contribution < 1.29 is 13.9 Å². The van der Waals surface area contributed by atoms with Crippen LogP contribution >= 0.6 is 0 Å². The first-order valence-corrected chi connectivity index (χ1v) is 11.5. The molecule has 0 unspecified atom stereocenters. The Kier molecular flexibility index (Phi) is 7.40. The van der Waals surface area contributed by atoms with Gasteiger partial charge >= 0.3 is 6.01 Å². The second-order valence-corrected chi connectivity index (χ2v) is 8.48. The van der Waals surface area contributed by atoms with E-state index in [-0.39, 0.29) is 11.8 Å². The van der Waals surface area contributed by atoms with Crippen LogP contribution in [0.3, 0.4) is 0 Å². The Morgan fingerprint density at radius 1 is 1.16 bits per heavy atom. The van der Waals surface area contributed by atoms with Crippen LogP contribution in [0.4, 0.5) is 11.7 Å². The number of carbonyl (C=O) groups excluding carboxylic acids is 1. The number of hydrogen-bond donors (Lipinski definition) is 2. The average Bonchev–Trinajstić information content (AvgIpc) is 3.49. The molecular weight excluding hydrogens is 394 g/mol. The molecule has 2 heterocycles. The zero-order valence-corrected chi connectivity index (χ0v) is 18.4. The van der Waals surface area contributed by atoms with Crippen LogP contribution in [0.2, 0.25) is 0 Å². The van der Waals surface area contributed by atoms with Gasteiger partial charge in [0, 0.05) is 24.2 Å². The molecule has 1 amide bonds. The number of nitrogens with zero attached hydrogens (tertiary/aromatic N) is 3. The van der Waals surface area contributed by atoms with Gasteiger partial charge in [0.1, 0.15) is 5.75 Å². The van der Waals surface area contributed by atoms with E-state index in [1.807, 2.05) is 18.2 Å². The number of likely N-dealkylation sites (tertiary alicyclic amines) is 1. The number of methoxy groups -OCH3 is 1. The van der Waals surface area contributed by atoms with Crippen LogP contribution in [-0.4, -0.2) is 54.3 Å². The summed E-state index contributed by atoms with van der Waals surface area (Å²) in [6.45, 7) is 4.31. The molecule has 1 saturated carbocycles. The zero-order chi connectivity index (χ0) is 21.5. The van der Waals surface area contributed by atoms with Crippen LogP contribution in [0.25, 0.3) is 11.5 Å². The molecule has 31 heavy (non-hydrogen) atoms. The number of ether oxygens (including phenoxy) is 1. The molecule has 2 aromatic rings. The van der Waals surface area contributed by atoms with Gasteiger partial charge in [0.25, 0.3) is 5.89 Å². The molecule has 0 bridgehead atoms. The Hall–Kier alpha value is -2.61. The molecule has 1 aliphatic carbocycles. The van der Waals surface area contributed by atoms with Crippen LogP contribution in [0, 0.1) is 5.92 Å². The minimum Gasteiger partial charge on any atom is -0.496 e. The van der Waals surface area contributed by atoms with Crippen molar-refractivity contribution in [3.05, 3.63) is 18.2 Å². The summed E-state index contributed by atoms with van der Waals surface area (Å²) in [5.74, 6) is 1.18. The molecule has 1 aromatic heterocycles. The Bertz CT molecular complexity index is 857. The third kappa shape index (κ3) is 5.76. The second kappa shape index (κ2) is 10.6. The van der Waals surface area contributed by atoms with Crippen molar-refractivity contribution in [3.63, 3.8) is 0 Å². The molecule has 1 aromatic carbocycles. The number of hydrogen-bond acceptors (Lipinski definition) is 7. The third-order valence-corrected chi connectivity index (χ3v) is 6.23. The molecule has 8 heteroatoms. The lowest BCUT2D eigenvalue weighted by atomic mass is 9.88. The quantitative estimate of drug-likeness (QED) is 0.581. The number of benzene rings is 1. The van der Waals surface area contributed by atoms with E-state index in [0.717, 1.165) is 50.9 Å². The predicted molar refractivity (Wildman–Crippen MR) is 120 cm³/mol. The maximum atomic E-state index is 12.5. The van der Waals surface area contributed by atoms with Crippen LogP contribution in [0.1, 0.15) is 51.4 Å². The summed E-state index contributed by atoms with van der Waals surface area (Å²) in [6.07, 6.45) is 9.09. The van der Waals surface area contributed by atoms with Gasteiger partial charge in [-0.1, -0.05) is 24.4 Å². The lowest BCUT2D eigenvalue weighted by molar-refractivity contribution is -0.120. The Balaban J connectivity index is 1.33. The van der Waals surface area contributed by atoms with Crippen molar-refractivity contribution in [1.29, 1.82) is 0 Å². The first-order valence-electron chi connectivity index (χ1n) is 11.5. The van der Waals surface area contributed by atoms with Crippen molar-refractivity contribution in [1.82, 2.24) is 15.1 Å². The lowest BCUT2D eigenvalue weighted by Gasteiger charge is -2.21. The summed E-state index contributed by atoms with van der Waals surface area (Å²) in [4.78, 5) is 15.0. The fourth-order valence-corrected chi connectivity index (χ4v) is 4.46. The largest absolute Gasteiger partial charge is 0.496 e. The fourth-order valence-electron chi connectivity index (χ4n) is 4.46. The van der Waals surface area contributed by atoms with E-state index in [1.165, 1.54) is 32.4 Å². The fraction of sp³-hybridized carbons (Fsp3) is 0.609. The molecule has 2 fully saturated rings. The van der Waals surface area contributed by atoms with E-state index < -0.39 is 0 Å². The molecule has 2 aliphatic rings. The summed E-state index contributed by atoms with van der Waals surface area (Å²) in [7, 11) is 1.60. The average molecular weight is 428 g/mol. The van der Waals surface area contributed by atoms with E-state index in [4.69, 9.17) is 9.15 Å². The van der Waals surface area contributed by atoms with Crippen molar-refractivity contribution in [2.45, 2.75) is 51.4 Å². The Morgan fingerprint density at radius 3 is 2.74 bits per heavy atom. The third-order valence-electron chi connectivity index (χ3n) is 6.23. The van der Waals surface area contributed by atoms with Crippen molar-refractivity contribution in [2.75, 3.05) is 43.9 Å². The number of anilines is 2. The van der Waals surface area contributed by atoms with Crippen LogP contribution in [0.5, 0.6) is 5.75 Å². The lowest BCUT2D eigenvalue weighted by Crippen LogP contribution is -2.24. The first kappa shape index (κ1) is 21.6. The van der Waals surface area contributed by atoms with Gasteiger partial charge in [0.2, 0.25) is 5.91 Å². The van der Waals surface area contributed by atoms with Crippen LogP contribution < -0.4 is 15.4 Å². The normalized spacial score (nSPS) is 17.6. The minimum atomic E-state index is 0.0905. The van der Waals surface area contributed by atoms with Gasteiger partial charge in [-0.05, 0) is 63.9 Å². The van der Waals surface area contributed by atoms with Crippen molar-refractivity contribution in [2.24, 2.45) is 5.92 Å². The van der Waals surface area contributed by atoms with E-state index in [1.54, 1.807) is 7.11 Å². The molecule has 1 saturated heterocycles. The number of amides is 1. The van der Waals surface area contributed by atoms with E-state index in [2.05, 4.69) is 25.7 Å². The summed E-state index contributed by atoms with van der Waals surface area (Å²) in [5.41, 5.74) is 1.42. The van der Waals surface area contributed by atoms with Gasteiger partial charge in [-0.25, -0.2) is 0 Å². The maximum absolute atomic E-state index is 12.5. The molecule has 0 radical (unpaired) electrons. The molecule has 2 N–H and O–H groups in total. The van der Waals surface area contributed by atoms with Gasteiger partial charge in [0.05, 0.1) is 12.7 Å². The highest BCUT2D eigenvalue weighted by Gasteiger charge is 2.22. The summed E-state index contributed by atoms with van der Waals surface area (Å²) < 4.78 is 11.3. The van der Waals surface area contributed by atoms with Crippen molar-refractivity contribution >= 4 is 17.6 Å². The highest BCUT2D eigenvalue weighted by Crippen LogP contribution is 2.33. The number of rotatable bonds is 9. The van der Waals surface area contributed by atoms with Crippen molar-refractivity contribution in [3.8, 4) is 17.2 Å². The number of nitrogens with one attached hydrogen (secondary N) is 2. The molecule has 8 nitrogen and oxygen atoms in total. The number of carbonyl (C=O) groups is 1. The van der Waals surface area contributed by atoms with E-state index in [9.17, 15) is 4.79 Å². The van der Waals surface area contributed by atoms with Gasteiger partial charge in [-0.2, -0.15) is 0 Å². The first-order chi connectivity index (χ1) is 15.2. The zero-order valence-electron chi connectivity index (χ0n) is 18.4. The molecule has 0 atom stereocenters. The van der Waals surface area contributed by atoms with Gasteiger partial charge in [0.15, 0.2) is 0 Å². The smallest absolute Gasteiger partial charge is 0.315 e. The minimum absolute atomic E-state index is 0.0905. The predicted octanol–water partition coefficient (Wildman–Crippen LogP) is 4.16. The summed E-state index contributed by atoms with van der Waals surface area (Å²) in [6, 6.07) is 5.92.